The van der Waals surface area contributed by atoms with E-state index in [1.807, 2.05) is 43.3 Å². The van der Waals surface area contributed by atoms with Gasteiger partial charge in [-0.05, 0) is 38.1 Å². The van der Waals surface area contributed by atoms with E-state index >= 15 is 0 Å². The minimum Gasteiger partial charge on any atom is -0.451 e. The number of nitrogens with zero attached hydrogens (tertiary/aromatic N) is 4. The molecule has 54 heavy (non-hydrogen) atoms. The molecule has 0 radical (unpaired) electrons. The van der Waals surface area contributed by atoms with Crippen LogP contribution in [0.5, 0.6) is 23.0 Å². The normalized spacial score (nSPS) is 13.9. The minimum absolute atomic E-state index is 0.0147. The second-order valence-electron chi connectivity index (χ2n) is 12.4. The summed E-state index contributed by atoms with van der Waals surface area (Å²) in [6, 6.07) is 15.2. The van der Waals surface area contributed by atoms with E-state index in [9.17, 15) is 38.9 Å². The zero-order valence-electron chi connectivity index (χ0n) is 27.5. The molecule has 2 aromatic heterocycles. The first-order chi connectivity index (χ1) is 25.4. The van der Waals surface area contributed by atoms with Crippen molar-refractivity contribution in [1.82, 2.24) is 9.13 Å². The summed E-state index contributed by atoms with van der Waals surface area (Å²) in [5.41, 5.74) is 2.43. The Morgan fingerprint density at radius 2 is 1.11 bits per heavy atom. The number of para-hydroxylation sites is 1. The fraction of sp³-hybridized carbons (Fsp3) is 0.118. The lowest BCUT2D eigenvalue weighted by atomic mass is 10.1. The highest BCUT2D eigenvalue weighted by Crippen LogP contribution is 2.48. The number of hydrogen-bond donors (Lipinski definition) is 3. The molecule has 7 aromatic rings. The van der Waals surface area contributed by atoms with Gasteiger partial charge in [0.05, 0.1) is 16.6 Å². The van der Waals surface area contributed by atoms with Crippen LogP contribution in [-0.4, -0.2) is 48.0 Å². The van der Waals surface area contributed by atoms with Crippen molar-refractivity contribution in [3.63, 3.8) is 0 Å². The molecule has 0 atom stereocenters. The fourth-order valence-corrected chi connectivity index (χ4v) is 11.3. The Labute approximate surface area is 314 Å². The molecule has 3 N–H and O–H groups in total. The summed E-state index contributed by atoms with van der Waals surface area (Å²) >= 11 is 13.9. The van der Waals surface area contributed by atoms with E-state index in [-0.39, 0.29) is 66.7 Å². The molecule has 2 aliphatic heterocycles. The number of halogens is 2. The lowest BCUT2D eigenvalue weighted by Gasteiger charge is -2.21. The van der Waals surface area contributed by atoms with E-state index in [0.717, 1.165) is 21.8 Å². The average Bonchev–Trinajstić information content (AvgIpc) is 3.59. The molecule has 0 aliphatic carbocycles. The average molecular weight is 830 g/mol. The van der Waals surface area contributed by atoms with Gasteiger partial charge in [-0.15, -0.1) is 0 Å². The molecule has 4 heterocycles. The fourth-order valence-electron chi connectivity index (χ4n) is 7.42. The maximum absolute atomic E-state index is 12.8. The third-order valence-corrected chi connectivity index (χ3v) is 13.2. The van der Waals surface area contributed by atoms with Crippen LogP contribution in [0.2, 0.25) is 10.0 Å². The number of hydrogen-bond acceptors (Lipinski definition) is 10. The van der Waals surface area contributed by atoms with Crippen molar-refractivity contribution < 1.29 is 48.4 Å². The van der Waals surface area contributed by atoms with Gasteiger partial charge in [-0.1, -0.05) is 41.4 Å². The second kappa shape index (κ2) is 11.4. The van der Waals surface area contributed by atoms with Crippen molar-refractivity contribution in [2.45, 2.75) is 41.6 Å². The molecule has 0 saturated carbocycles. The van der Waals surface area contributed by atoms with Crippen molar-refractivity contribution in [3.8, 4) is 23.0 Å². The maximum atomic E-state index is 12.8. The van der Waals surface area contributed by atoms with Gasteiger partial charge >= 0.3 is 0 Å². The van der Waals surface area contributed by atoms with Gasteiger partial charge in [0.2, 0.25) is 0 Å². The Morgan fingerprint density at radius 3 is 1.63 bits per heavy atom. The molecule has 0 bridgehead atoms. The van der Waals surface area contributed by atoms with Crippen LogP contribution >= 0.6 is 23.2 Å². The van der Waals surface area contributed by atoms with Gasteiger partial charge in [0.25, 0.3) is 30.4 Å². The van der Waals surface area contributed by atoms with Crippen LogP contribution in [0.4, 0.5) is 11.4 Å². The molecule has 20 heteroatoms. The molecule has 0 amide bonds. The Morgan fingerprint density at radius 1 is 0.611 bits per heavy atom. The lowest BCUT2D eigenvalue weighted by molar-refractivity contribution is 0.452. The van der Waals surface area contributed by atoms with Crippen LogP contribution in [0.3, 0.4) is 0 Å². The molecule has 0 spiro atoms. The molecule has 15 nitrogen and oxygen atoms in total. The van der Waals surface area contributed by atoms with Crippen molar-refractivity contribution >= 4 is 109 Å². The highest BCUT2D eigenvalue weighted by atomic mass is 35.5. The number of aromatic nitrogens is 2. The number of rotatable bonds is 5. The summed E-state index contributed by atoms with van der Waals surface area (Å²) in [5, 5.41) is 1.66. The summed E-state index contributed by atoms with van der Waals surface area (Å²) in [6.45, 7) is 4.38. The number of ether oxygens (including phenoxy) is 2. The van der Waals surface area contributed by atoms with E-state index in [1.165, 1.54) is 16.7 Å². The SMILES string of the molecule is CCn1c2ccccc2c2cc3c(cc21)Oc1c(Cl)c2c(c(Cl)c1=N3)Oc1cc3c(cc1N=2)c1c(S(=O)(=O)O)c(S(=O)(=O)O)c(S(=O)(=O)O)cc1n3CC. The summed E-state index contributed by atoms with van der Waals surface area (Å²) in [6.07, 6.45) is 0. The first-order valence-electron chi connectivity index (χ1n) is 15.9. The van der Waals surface area contributed by atoms with Crippen LogP contribution in [0, 0.1) is 0 Å². The number of benzene rings is 5. The first-order valence-corrected chi connectivity index (χ1v) is 21.0. The van der Waals surface area contributed by atoms with Gasteiger partial charge in [0.15, 0.2) is 23.0 Å². The minimum atomic E-state index is -5.70. The zero-order valence-corrected chi connectivity index (χ0v) is 31.4. The van der Waals surface area contributed by atoms with Crippen molar-refractivity contribution in [2.24, 2.45) is 9.98 Å². The molecule has 276 valence electrons. The molecular weight excluding hydrogens is 807 g/mol. The van der Waals surface area contributed by atoms with E-state index in [1.54, 1.807) is 6.92 Å². The topological polar surface area (TPSA) is 216 Å². The Kier molecular flexibility index (Phi) is 7.36. The largest absolute Gasteiger partial charge is 0.451 e. The summed E-state index contributed by atoms with van der Waals surface area (Å²) in [4.78, 5) is 4.82. The zero-order chi connectivity index (χ0) is 38.4. The summed E-state index contributed by atoms with van der Waals surface area (Å²) in [5.74, 6) is 0.602. The molecule has 9 rings (SSSR count). The van der Waals surface area contributed by atoms with Gasteiger partial charge in [-0.3, -0.25) is 13.7 Å². The number of fused-ring (bicyclic) bond motifs is 10. The Hall–Kier alpha value is -4.79. The standard InChI is InChI=1S/C34H22Cl2N4O11S3/c1-3-39-19-8-6-5-7-14(19)15-9-17-23(11-20(15)39)50-31-28(36)30-32(27(35)29(31)37-17)51-24-12-21-16(10-18(24)38-30)26-22(40(21)4-2)13-25(52(41,42)43)33(53(44,45)46)34(26)54(47,48)49/h5-13H,3-4H2,1-2H3,(H,41,42,43)(H,44,45,46)(H,47,48,49). The van der Waals surface area contributed by atoms with Gasteiger partial charge in [-0.2, -0.15) is 25.3 Å². The molecule has 0 fully saturated rings. The molecule has 5 aromatic carbocycles. The van der Waals surface area contributed by atoms with E-state index < -0.39 is 50.4 Å². The van der Waals surface area contributed by atoms with Gasteiger partial charge < -0.3 is 18.6 Å². The van der Waals surface area contributed by atoms with E-state index in [2.05, 4.69) is 9.56 Å². The second-order valence-corrected chi connectivity index (χ2v) is 17.3. The highest BCUT2D eigenvalue weighted by molar-refractivity contribution is 7.90. The predicted molar refractivity (Wildman–Crippen MR) is 198 cm³/mol. The van der Waals surface area contributed by atoms with E-state index in [0.29, 0.717) is 24.0 Å². The molecule has 0 saturated heterocycles. The van der Waals surface area contributed by atoms with Crippen LogP contribution in [0.15, 0.2) is 79.3 Å². The molecular formula is C34H22Cl2N4O11S3. The van der Waals surface area contributed by atoms with Crippen LogP contribution in [-0.2, 0) is 43.4 Å². The van der Waals surface area contributed by atoms with Crippen LogP contribution in [0.1, 0.15) is 13.8 Å². The quantitative estimate of drug-likeness (QED) is 0.149. The monoisotopic (exact) mass is 828 g/mol. The smallest absolute Gasteiger partial charge is 0.297 e. The number of aryl methyl sites for hydroxylation is 2. The third kappa shape index (κ3) is 4.85. The van der Waals surface area contributed by atoms with E-state index in [4.69, 9.17) is 37.7 Å². The van der Waals surface area contributed by atoms with Crippen molar-refractivity contribution in [3.05, 3.63) is 75.4 Å². The predicted octanol–water partition coefficient (Wildman–Crippen LogP) is 7.10. The summed E-state index contributed by atoms with van der Waals surface area (Å²) in [7, 11) is -16.8. The first kappa shape index (κ1) is 34.9. The van der Waals surface area contributed by atoms with Crippen molar-refractivity contribution in [2.75, 3.05) is 0 Å². The Bertz CT molecular complexity index is 3420. The third-order valence-electron chi connectivity index (χ3n) is 9.52. The summed E-state index contributed by atoms with van der Waals surface area (Å²) < 4.78 is 122. The van der Waals surface area contributed by atoms with Crippen molar-refractivity contribution in [1.29, 1.82) is 0 Å². The van der Waals surface area contributed by atoms with Crippen LogP contribution in [0.25, 0.3) is 43.6 Å². The molecule has 0 unspecified atom stereocenters. The highest BCUT2D eigenvalue weighted by Gasteiger charge is 2.37. The molecule has 2 aliphatic rings. The van der Waals surface area contributed by atoms with Gasteiger partial charge in [0.1, 0.15) is 46.8 Å². The lowest BCUT2D eigenvalue weighted by Crippen LogP contribution is -2.22. The van der Waals surface area contributed by atoms with Gasteiger partial charge in [-0.25, -0.2) is 9.98 Å². The van der Waals surface area contributed by atoms with Crippen LogP contribution < -0.4 is 20.2 Å². The Balaban J connectivity index is 1.32. The van der Waals surface area contributed by atoms with Gasteiger partial charge in [0, 0.05) is 52.3 Å². The maximum Gasteiger partial charge on any atom is 0.297 e.